The molecule has 10 aromatic rings. The molecule has 0 radical (unpaired) electrons. The molecule has 4 heteroatoms. The maximum atomic E-state index is 6.83. The number of furan rings is 1. The molecule has 53 heavy (non-hydrogen) atoms. The Hall–Kier alpha value is -6.62. The number of fused-ring (bicyclic) bond motifs is 16. The highest BCUT2D eigenvalue weighted by Gasteiger charge is 2.51. The molecule has 0 unspecified atom stereocenters. The molecule has 2 aromatic heterocycles. The van der Waals surface area contributed by atoms with Crippen LogP contribution in [-0.2, 0) is 5.41 Å². The minimum Gasteiger partial charge on any atom is -0.457 e. The monoisotopic (exact) mass is 695 g/mol. The molecule has 0 bridgehead atoms. The standard InChI is InChI=1S/C49H29NO2S/c1-2-12-30(13-3-1)50(32-22-24-34-33-14-5-11-21-45(33)53-46(34)29-32)31-23-25-36-44(28-31)52-43-27-26-40-47(48(36)43)35-15-4-6-16-37(35)49(40)38-17-7-9-19-41(38)51-42-20-10-8-18-39(42)49/h1-29H. The molecule has 0 fully saturated rings. The first kappa shape index (κ1) is 29.0. The van der Waals surface area contributed by atoms with Gasteiger partial charge in [-0.2, -0.15) is 0 Å². The van der Waals surface area contributed by atoms with Crippen molar-refractivity contribution >= 4 is 70.5 Å². The van der Waals surface area contributed by atoms with E-state index in [1.54, 1.807) is 0 Å². The van der Waals surface area contributed by atoms with Crippen LogP contribution >= 0.6 is 11.3 Å². The van der Waals surface area contributed by atoms with Crippen molar-refractivity contribution in [2.45, 2.75) is 5.41 Å². The largest absolute Gasteiger partial charge is 0.457 e. The van der Waals surface area contributed by atoms with Crippen molar-refractivity contribution in [2.75, 3.05) is 4.90 Å². The molecule has 0 atom stereocenters. The molecule has 8 aromatic carbocycles. The summed E-state index contributed by atoms with van der Waals surface area (Å²) in [6.45, 7) is 0. The summed E-state index contributed by atoms with van der Waals surface area (Å²) in [6.07, 6.45) is 0. The van der Waals surface area contributed by atoms with Crippen molar-refractivity contribution in [1.29, 1.82) is 0 Å². The van der Waals surface area contributed by atoms with Crippen molar-refractivity contribution in [3.63, 3.8) is 0 Å². The second-order valence-corrected chi connectivity index (χ2v) is 15.1. The van der Waals surface area contributed by atoms with Gasteiger partial charge in [-0.05, 0) is 82.9 Å². The Morgan fingerprint density at radius 2 is 1.08 bits per heavy atom. The molecule has 12 rings (SSSR count). The van der Waals surface area contributed by atoms with Gasteiger partial charge in [-0.15, -0.1) is 11.3 Å². The Morgan fingerprint density at radius 3 is 1.89 bits per heavy atom. The van der Waals surface area contributed by atoms with Gasteiger partial charge < -0.3 is 14.1 Å². The lowest BCUT2D eigenvalue weighted by Crippen LogP contribution is -2.32. The van der Waals surface area contributed by atoms with E-state index < -0.39 is 5.41 Å². The SMILES string of the molecule is c1ccc(N(c2ccc3c(c2)oc2ccc4c(c23)-c2ccccc2C42c3ccccc3Oc3ccccc32)c2ccc3c(c2)sc2ccccc23)cc1. The van der Waals surface area contributed by atoms with Crippen LogP contribution in [0.3, 0.4) is 0 Å². The zero-order valence-electron chi connectivity index (χ0n) is 28.4. The Bertz CT molecular complexity index is 3070. The summed E-state index contributed by atoms with van der Waals surface area (Å²) in [5.41, 5.74) is 11.8. The van der Waals surface area contributed by atoms with Crippen LogP contribution in [0.5, 0.6) is 11.5 Å². The highest BCUT2D eigenvalue weighted by molar-refractivity contribution is 7.25. The van der Waals surface area contributed by atoms with E-state index in [0.717, 1.165) is 61.6 Å². The van der Waals surface area contributed by atoms with E-state index in [-0.39, 0.29) is 0 Å². The second kappa shape index (κ2) is 10.7. The highest BCUT2D eigenvalue weighted by Crippen LogP contribution is 2.63. The van der Waals surface area contributed by atoms with Crippen LogP contribution in [0.2, 0.25) is 0 Å². The van der Waals surface area contributed by atoms with Gasteiger partial charge in [-0.25, -0.2) is 0 Å². The smallest absolute Gasteiger partial charge is 0.137 e. The summed E-state index contributed by atoms with van der Waals surface area (Å²) < 4.78 is 16.0. The van der Waals surface area contributed by atoms with Gasteiger partial charge in [-0.3, -0.25) is 0 Å². The maximum absolute atomic E-state index is 6.83. The molecule has 1 aliphatic carbocycles. The quantitative estimate of drug-likeness (QED) is 0.184. The first-order valence-electron chi connectivity index (χ1n) is 18.0. The molecule has 3 nitrogen and oxygen atoms in total. The van der Waals surface area contributed by atoms with Crippen LogP contribution in [-0.4, -0.2) is 0 Å². The summed E-state index contributed by atoms with van der Waals surface area (Å²) in [6, 6.07) is 63.2. The average molecular weight is 696 g/mol. The zero-order chi connectivity index (χ0) is 34.7. The summed E-state index contributed by atoms with van der Waals surface area (Å²) in [4.78, 5) is 2.33. The molecule has 0 saturated heterocycles. The highest BCUT2D eigenvalue weighted by atomic mass is 32.1. The molecule has 2 aliphatic rings. The lowest BCUT2D eigenvalue weighted by molar-refractivity contribution is 0.436. The number of hydrogen-bond donors (Lipinski definition) is 0. The fourth-order valence-corrected chi connectivity index (χ4v) is 10.4. The van der Waals surface area contributed by atoms with E-state index in [1.165, 1.54) is 42.4 Å². The Kier molecular flexibility index (Phi) is 5.86. The normalized spacial score (nSPS) is 13.6. The molecule has 0 N–H and O–H groups in total. The maximum Gasteiger partial charge on any atom is 0.137 e. The molecule has 1 aliphatic heterocycles. The molecule has 3 heterocycles. The predicted octanol–water partition coefficient (Wildman–Crippen LogP) is 13.9. The van der Waals surface area contributed by atoms with Crippen molar-refractivity contribution in [3.8, 4) is 22.6 Å². The molecule has 1 spiro atoms. The first-order chi connectivity index (χ1) is 26.3. The van der Waals surface area contributed by atoms with Gasteiger partial charge in [0.05, 0.1) is 5.41 Å². The lowest BCUT2D eigenvalue weighted by Gasteiger charge is -2.39. The van der Waals surface area contributed by atoms with E-state index in [0.29, 0.717) is 0 Å². The Labute approximate surface area is 309 Å². The van der Waals surface area contributed by atoms with Crippen LogP contribution < -0.4 is 9.64 Å². The van der Waals surface area contributed by atoms with E-state index in [1.807, 2.05) is 11.3 Å². The third-order valence-electron chi connectivity index (χ3n) is 11.3. The summed E-state index contributed by atoms with van der Waals surface area (Å²) >= 11 is 1.84. The number of ether oxygens (including phenoxy) is 1. The summed E-state index contributed by atoms with van der Waals surface area (Å²) in [5, 5.41) is 4.84. The van der Waals surface area contributed by atoms with Gasteiger partial charge in [-0.1, -0.05) is 109 Å². The average Bonchev–Trinajstić information content (AvgIpc) is 3.86. The van der Waals surface area contributed by atoms with Gasteiger partial charge in [0.1, 0.15) is 22.7 Å². The van der Waals surface area contributed by atoms with Crippen LogP contribution in [0.25, 0.3) is 53.2 Å². The van der Waals surface area contributed by atoms with Crippen LogP contribution in [0, 0.1) is 0 Å². The minimum atomic E-state index is -0.523. The van der Waals surface area contributed by atoms with Gasteiger partial charge in [0.15, 0.2) is 0 Å². The number of nitrogens with zero attached hydrogens (tertiary/aromatic N) is 1. The molecular formula is C49H29NO2S. The van der Waals surface area contributed by atoms with Crippen LogP contribution in [0.4, 0.5) is 17.1 Å². The van der Waals surface area contributed by atoms with E-state index in [2.05, 4.69) is 181 Å². The van der Waals surface area contributed by atoms with Crippen molar-refractivity contribution in [2.24, 2.45) is 0 Å². The number of thiophene rings is 1. The third kappa shape index (κ3) is 3.88. The first-order valence-corrected chi connectivity index (χ1v) is 18.8. The topological polar surface area (TPSA) is 25.6 Å². The van der Waals surface area contributed by atoms with E-state index in [4.69, 9.17) is 9.15 Å². The minimum absolute atomic E-state index is 0.523. The third-order valence-corrected chi connectivity index (χ3v) is 12.5. The Morgan fingerprint density at radius 1 is 0.434 bits per heavy atom. The lowest BCUT2D eigenvalue weighted by atomic mass is 9.66. The van der Waals surface area contributed by atoms with Crippen molar-refractivity contribution < 1.29 is 9.15 Å². The molecule has 248 valence electrons. The number of benzene rings is 8. The fourth-order valence-electron chi connectivity index (χ4n) is 9.21. The molecule has 0 amide bonds. The van der Waals surface area contributed by atoms with Gasteiger partial charge >= 0.3 is 0 Å². The van der Waals surface area contributed by atoms with E-state index >= 15 is 0 Å². The summed E-state index contributed by atoms with van der Waals surface area (Å²) in [7, 11) is 0. The zero-order valence-corrected chi connectivity index (χ0v) is 29.2. The van der Waals surface area contributed by atoms with Gasteiger partial charge in [0, 0.05) is 65.2 Å². The van der Waals surface area contributed by atoms with Crippen LogP contribution in [0.15, 0.2) is 180 Å². The number of para-hydroxylation sites is 3. The second-order valence-electron chi connectivity index (χ2n) is 14.0. The predicted molar refractivity (Wildman–Crippen MR) is 219 cm³/mol. The molecule has 0 saturated carbocycles. The van der Waals surface area contributed by atoms with Crippen molar-refractivity contribution in [1.82, 2.24) is 0 Å². The van der Waals surface area contributed by atoms with Gasteiger partial charge in [0.25, 0.3) is 0 Å². The summed E-state index contributed by atoms with van der Waals surface area (Å²) in [5.74, 6) is 1.79. The number of hydrogen-bond acceptors (Lipinski definition) is 4. The van der Waals surface area contributed by atoms with E-state index in [9.17, 15) is 0 Å². The number of rotatable bonds is 3. The Balaban J connectivity index is 1.09. The van der Waals surface area contributed by atoms with Gasteiger partial charge in [0.2, 0.25) is 0 Å². The fraction of sp³-hybridized carbons (Fsp3) is 0.0204. The van der Waals surface area contributed by atoms with Crippen LogP contribution in [0.1, 0.15) is 22.3 Å². The van der Waals surface area contributed by atoms with Crippen molar-refractivity contribution in [3.05, 3.63) is 198 Å². The molecular weight excluding hydrogens is 667 g/mol. The number of anilines is 3.